The molecule has 3 N–H and O–H groups in total. The molecule has 0 aliphatic rings. The number of halogens is 2. The van der Waals surface area contributed by atoms with Crippen molar-refractivity contribution >= 4 is 17.3 Å². The molecule has 0 saturated heterocycles. The van der Waals surface area contributed by atoms with Crippen molar-refractivity contribution < 1.29 is 13.6 Å². The van der Waals surface area contributed by atoms with Gasteiger partial charge in [-0.3, -0.25) is 4.79 Å². The van der Waals surface area contributed by atoms with Gasteiger partial charge in [0.15, 0.2) is 5.82 Å². The summed E-state index contributed by atoms with van der Waals surface area (Å²) in [5.41, 5.74) is 5.97. The predicted molar refractivity (Wildman–Crippen MR) is 74.3 cm³/mol. The second-order valence-electron chi connectivity index (χ2n) is 4.47. The van der Waals surface area contributed by atoms with E-state index < -0.39 is 23.5 Å². The summed E-state index contributed by atoms with van der Waals surface area (Å²) in [6.07, 6.45) is 0. The first-order valence-corrected chi connectivity index (χ1v) is 6.09. The number of anilines is 2. The zero-order valence-electron chi connectivity index (χ0n) is 10.9. The molecule has 2 rings (SSSR count). The number of carbonyl (C=O) groups excluding carboxylic acids is 1. The lowest BCUT2D eigenvalue weighted by Crippen LogP contribution is -2.20. The van der Waals surface area contributed by atoms with E-state index in [1.165, 1.54) is 0 Å². The standard InChI is InChI=1S/C15H14F2N2O/c1-9(10-5-3-2-4-6-10)15(20)19-14-12(17)7-11(16)8-13(14)18/h2-9H,18H2,1H3,(H,19,20). The average Bonchev–Trinajstić information content (AvgIpc) is 2.42. The van der Waals surface area contributed by atoms with Crippen molar-refractivity contribution in [3.63, 3.8) is 0 Å². The Morgan fingerprint density at radius 1 is 1.20 bits per heavy atom. The summed E-state index contributed by atoms with van der Waals surface area (Å²) in [5, 5.41) is 2.40. The van der Waals surface area contributed by atoms with Crippen LogP contribution in [0.1, 0.15) is 18.4 Å². The van der Waals surface area contributed by atoms with Gasteiger partial charge in [-0.1, -0.05) is 30.3 Å². The highest BCUT2D eigenvalue weighted by Crippen LogP contribution is 2.25. The lowest BCUT2D eigenvalue weighted by Gasteiger charge is -2.14. The summed E-state index contributed by atoms with van der Waals surface area (Å²) in [6, 6.07) is 10.7. The van der Waals surface area contributed by atoms with Crippen LogP contribution in [0.2, 0.25) is 0 Å². The zero-order valence-corrected chi connectivity index (χ0v) is 10.9. The molecule has 0 radical (unpaired) electrons. The van der Waals surface area contributed by atoms with Crippen molar-refractivity contribution in [1.82, 2.24) is 0 Å². The lowest BCUT2D eigenvalue weighted by atomic mass is 10.0. The van der Waals surface area contributed by atoms with Crippen LogP contribution in [0.3, 0.4) is 0 Å². The molecular weight excluding hydrogens is 262 g/mol. The molecule has 104 valence electrons. The topological polar surface area (TPSA) is 55.1 Å². The van der Waals surface area contributed by atoms with E-state index in [0.29, 0.717) is 6.07 Å². The van der Waals surface area contributed by atoms with Crippen molar-refractivity contribution in [1.29, 1.82) is 0 Å². The first-order valence-electron chi connectivity index (χ1n) is 6.09. The second-order valence-corrected chi connectivity index (χ2v) is 4.47. The molecule has 0 aromatic heterocycles. The van der Waals surface area contributed by atoms with Crippen LogP contribution < -0.4 is 11.1 Å². The third-order valence-corrected chi connectivity index (χ3v) is 3.03. The number of amides is 1. The molecule has 0 heterocycles. The number of carbonyl (C=O) groups is 1. The Morgan fingerprint density at radius 3 is 2.45 bits per heavy atom. The summed E-state index contributed by atoms with van der Waals surface area (Å²) in [6.45, 7) is 1.70. The van der Waals surface area contributed by atoms with E-state index in [1.54, 1.807) is 19.1 Å². The molecule has 0 spiro atoms. The first kappa shape index (κ1) is 14.0. The summed E-state index contributed by atoms with van der Waals surface area (Å²) in [4.78, 5) is 12.1. The Morgan fingerprint density at radius 2 is 1.85 bits per heavy atom. The van der Waals surface area contributed by atoms with Crippen LogP contribution in [0.15, 0.2) is 42.5 Å². The average molecular weight is 276 g/mol. The van der Waals surface area contributed by atoms with Gasteiger partial charge in [-0.2, -0.15) is 0 Å². The van der Waals surface area contributed by atoms with Crippen LogP contribution in [0.4, 0.5) is 20.2 Å². The number of nitrogen functional groups attached to an aromatic ring is 1. The van der Waals surface area contributed by atoms with Gasteiger partial charge < -0.3 is 11.1 Å². The Kier molecular flexibility index (Phi) is 3.98. The van der Waals surface area contributed by atoms with Gasteiger partial charge in [0, 0.05) is 6.07 Å². The lowest BCUT2D eigenvalue weighted by molar-refractivity contribution is -0.117. The van der Waals surface area contributed by atoms with Crippen LogP contribution in [0, 0.1) is 11.6 Å². The molecule has 1 unspecified atom stereocenters. The summed E-state index contributed by atoms with van der Waals surface area (Å²) >= 11 is 0. The number of hydrogen-bond acceptors (Lipinski definition) is 2. The maximum atomic E-state index is 13.6. The Bertz CT molecular complexity index is 606. The minimum atomic E-state index is -0.892. The van der Waals surface area contributed by atoms with Crippen LogP contribution in [-0.2, 0) is 4.79 Å². The monoisotopic (exact) mass is 276 g/mol. The zero-order chi connectivity index (χ0) is 14.7. The molecule has 1 atom stereocenters. The second kappa shape index (κ2) is 5.69. The van der Waals surface area contributed by atoms with Crippen LogP contribution in [0.25, 0.3) is 0 Å². The van der Waals surface area contributed by atoms with Crippen molar-refractivity contribution in [3.8, 4) is 0 Å². The largest absolute Gasteiger partial charge is 0.397 e. The maximum absolute atomic E-state index is 13.6. The molecule has 0 aliphatic carbocycles. The number of rotatable bonds is 3. The molecule has 0 saturated carbocycles. The fourth-order valence-corrected chi connectivity index (χ4v) is 1.85. The van der Waals surface area contributed by atoms with Gasteiger partial charge in [0.05, 0.1) is 11.6 Å². The van der Waals surface area contributed by atoms with E-state index >= 15 is 0 Å². The van der Waals surface area contributed by atoms with E-state index in [-0.39, 0.29) is 11.4 Å². The Balaban J connectivity index is 2.20. The molecule has 0 bridgehead atoms. The highest BCUT2D eigenvalue weighted by molar-refractivity contribution is 5.98. The van der Waals surface area contributed by atoms with Gasteiger partial charge in [0.1, 0.15) is 11.5 Å². The highest BCUT2D eigenvalue weighted by Gasteiger charge is 2.18. The van der Waals surface area contributed by atoms with Gasteiger partial charge >= 0.3 is 0 Å². The minimum absolute atomic E-state index is 0.142. The van der Waals surface area contributed by atoms with Crippen LogP contribution >= 0.6 is 0 Å². The number of nitrogens with two attached hydrogens (primary N) is 1. The third kappa shape index (κ3) is 2.93. The van der Waals surface area contributed by atoms with Gasteiger partial charge in [0.2, 0.25) is 5.91 Å². The van der Waals surface area contributed by atoms with E-state index in [4.69, 9.17) is 5.73 Å². The van der Waals surface area contributed by atoms with Crippen LogP contribution in [0.5, 0.6) is 0 Å². The molecule has 0 fully saturated rings. The summed E-state index contributed by atoms with van der Waals surface area (Å²) < 4.78 is 26.5. The molecule has 2 aromatic carbocycles. The SMILES string of the molecule is CC(C(=O)Nc1c(N)cc(F)cc1F)c1ccccc1. The van der Waals surface area contributed by atoms with E-state index in [1.807, 2.05) is 18.2 Å². The normalized spacial score (nSPS) is 11.9. The molecule has 0 aliphatic heterocycles. The smallest absolute Gasteiger partial charge is 0.231 e. The molecule has 20 heavy (non-hydrogen) atoms. The van der Waals surface area contributed by atoms with Crippen LogP contribution in [-0.4, -0.2) is 5.91 Å². The highest BCUT2D eigenvalue weighted by atomic mass is 19.1. The van der Waals surface area contributed by atoms with Gasteiger partial charge in [-0.25, -0.2) is 8.78 Å². The number of hydrogen-bond donors (Lipinski definition) is 2. The molecule has 5 heteroatoms. The predicted octanol–water partition coefficient (Wildman–Crippen LogP) is 3.29. The van der Waals surface area contributed by atoms with Gasteiger partial charge in [-0.15, -0.1) is 0 Å². The molecule has 3 nitrogen and oxygen atoms in total. The fourth-order valence-electron chi connectivity index (χ4n) is 1.85. The van der Waals surface area contributed by atoms with Crippen molar-refractivity contribution in [2.75, 3.05) is 11.1 Å². The van der Waals surface area contributed by atoms with E-state index in [9.17, 15) is 13.6 Å². The van der Waals surface area contributed by atoms with Crippen molar-refractivity contribution in [2.24, 2.45) is 0 Å². The van der Waals surface area contributed by atoms with E-state index in [0.717, 1.165) is 11.6 Å². The third-order valence-electron chi connectivity index (χ3n) is 3.03. The summed E-state index contributed by atoms with van der Waals surface area (Å²) in [7, 11) is 0. The molecular formula is C15H14F2N2O. The molecule has 1 amide bonds. The maximum Gasteiger partial charge on any atom is 0.231 e. The molecule has 2 aromatic rings. The van der Waals surface area contributed by atoms with Gasteiger partial charge in [-0.05, 0) is 18.6 Å². The number of benzene rings is 2. The Labute approximate surface area is 115 Å². The Hall–Kier alpha value is -2.43. The van der Waals surface area contributed by atoms with Crippen molar-refractivity contribution in [2.45, 2.75) is 12.8 Å². The van der Waals surface area contributed by atoms with Crippen molar-refractivity contribution in [3.05, 3.63) is 59.7 Å². The number of nitrogens with one attached hydrogen (secondary N) is 1. The van der Waals surface area contributed by atoms with E-state index in [2.05, 4.69) is 5.32 Å². The van der Waals surface area contributed by atoms with Gasteiger partial charge in [0.25, 0.3) is 0 Å². The summed E-state index contributed by atoms with van der Waals surface area (Å²) in [5.74, 6) is -2.56. The minimum Gasteiger partial charge on any atom is -0.397 e. The first-order chi connectivity index (χ1) is 9.49. The quantitative estimate of drug-likeness (QED) is 0.845. The fraction of sp³-hybridized carbons (Fsp3) is 0.133.